The third-order valence-corrected chi connectivity index (χ3v) is 6.58. The zero-order valence-electron chi connectivity index (χ0n) is 15.1. The number of hydrogen-bond donors (Lipinski definition) is 1. The van der Waals surface area contributed by atoms with Crippen molar-refractivity contribution >= 4 is 44.7 Å². The van der Waals surface area contributed by atoms with Gasteiger partial charge in [-0.3, -0.25) is 9.59 Å². The largest absolute Gasteiger partial charge is 0.324 e. The summed E-state index contributed by atoms with van der Waals surface area (Å²) in [7, 11) is 0. The van der Waals surface area contributed by atoms with Crippen molar-refractivity contribution in [3.8, 4) is 0 Å². The molecule has 0 unspecified atom stereocenters. The Balaban J connectivity index is 1.66. The fourth-order valence-corrected chi connectivity index (χ4v) is 4.75. The highest BCUT2D eigenvalue weighted by molar-refractivity contribution is 7.18. The Labute approximate surface area is 165 Å². The van der Waals surface area contributed by atoms with Gasteiger partial charge < -0.3 is 5.32 Å². The van der Waals surface area contributed by atoms with Gasteiger partial charge in [0.15, 0.2) is 4.83 Å². The minimum absolute atomic E-state index is 0.246. The number of carbonyl (C=O) groups is 1. The van der Waals surface area contributed by atoms with Gasteiger partial charge in [0.1, 0.15) is 6.04 Å². The van der Waals surface area contributed by atoms with E-state index >= 15 is 0 Å². The van der Waals surface area contributed by atoms with E-state index in [2.05, 4.69) is 15.6 Å². The molecule has 8 heteroatoms. The number of halogens is 1. The summed E-state index contributed by atoms with van der Waals surface area (Å²) in [6.45, 7) is 3.54. The van der Waals surface area contributed by atoms with Crippen molar-refractivity contribution in [2.24, 2.45) is 0 Å². The SMILES string of the molecule is Cc1ccc(NC(=O)[C@H](C)n2nnc3sc4c(c3c2=O)CCCC4)cc1Cl. The lowest BCUT2D eigenvalue weighted by Gasteiger charge is -2.14. The molecule has 0 saturated heterocycles. The first kappa shape index (κ1) is 18.1. The predicted molar refractivity (Wildman–Crippen MR) is 108 cm³/mol. The molecular formula is C19H19ClN4O2S. The topological polar surface area (TPSA) is 76.9 Å². The number of nitrogens with one attached hydrogen (secondary N) is 1. The van der Waals surface area contributed by atoms with Crippen LogP contribution in [0.5, 0.6) is 0 Å². The van der Waals surface area contributed by atoms with E-state index in [1.54, 1.807) is 30.4 Å². The van der Waals surface area contributed by atoms with Crippen molar-refractivity contribution in [2.45, 2.75) is 45.6 Å². The Morgan fingerprint density at radius 2 is 2.11 bits per heavy atom. The van der Waals surface area contributed by atoms with Gasteiger partial charge in [-0.25, -0.2) is 0 Å². The van der Waals surface area contributed by atoms with Crippen molar-refractivity contribution in [1.82, 2.24) is 15.0 Å². The molecule has 1 aliphatic carbocycles. The average Bonchev–Trinajstić information content (AvgIpc) is 3.04. The molecule has 0 aliphatic heterocycles. The standard InChI is InChI=1S/C19H19ClN4O2S/c1-10-7-8-12(9-14(10)20)21-17(25)11(2)24-19(26)16-13-5-3-4-6-15(13)27-18(16)22-23-24/h7-9,11H,3-6H2,1-2H3,(H,21,25)/t11-/m0/s1. The molecule has 1 aromatic carbocycles. The maximum atomic E-state index is 13.0. The van der Waals surface area contributed by atoms with Crippen LogP contribution in [0.1, 0.15) is 41.8 Å². The molecule has 1 N–H and O–H groups in total. The van der Waals surface area contributed by atoms with Crippen LogP contribution < -0.4 is 10.9 Å². The molecule has 2 aromatic heterocycles. The number of aromatic nitrogens is 3. The smallest absolute Gasteiger partial charge is 0.279 e. The molecule has 2 heterocycles. The van der Waals surface area contributed by atoms with Gasteiger partial charge in [-0.05, 0) is 62.8 Å². The summed E-state index contributed by atoms with van der Waals surface area (Å²) in [4.78, 5) is 27.6. The second-order valence-electron chi connectivity index (χ2n) is 6.86. The van der Waals surface area contributed by atoms with Crippen LogP contribution in [0.25, 0.3) is 10.2 Å². The van der Waals surface area contributed by atoms with Crippen LogP contribution in [-0.4, -0.2) is 20.9 Å². The molecule has 1 amide bonds. The van der Waals surface area contributed by atoms with Crippen LogP contribution in [0, 0.1) is 6.92 Å². The molecule has 3 aromatic rings. The zero-order valence-corrected chi connectivity index (χ0v) is 16.7. The molecule has 27 heavy (non-hydrogen) atoms. The quantitative estimate of drug-likeness (QED) is 0.720. The molecule has 0 fully saturated rings. The van der Waals surface area contributed by atoms with Crippen molar-refractivity contribution in [3.63, 3.8) is 0 Å². The first-order chi connectivity index (χ1) is 13.0. The fraction of sp³-hybridized carbons (Fsp3) is 0.368. The van der Waals surface area contributed by atoms with Gasteiger partial charge in [-0.15, -0.1) is 16.4 Å². The third kappa shape index (κ3) is 3.26. The number of fused-ring (bicyclic) bond motifs is 3. The van der Waals surface area contributed by atoms with Crippen molar-refractivity contribution in [3.05, 3.63) is 49.6 Å². The first-order valence-corrected chi connectivity index (χ1v) is 10.1. The normalized spacial score (nSPS) is 14.8. The van der Waals surface area contributed by atoms with Crippen molar-refractivity contribution in [2.75, 3.05) is 5.32 Å². The number of nitrogens with zero attached hydrogens (tertiary/aromatic N) is 3. The van der Waals surface area contributed by atoms with E-state index in [0.29, 0.717) is 20.9 Å². The minimum atomic E-state index is -0.784. The van der Waals surface area contributed by atoms with Crippen LogP contribution in [0.15, 0.2) is 23.0 Å². The van der Waals surface area contributed by atoms with Gasteiger partial charge in [0.05, 0.1) is 5.39 Å². The van der Waals surface area contributed by atoms with E-state index < -0.39 is 6.04 Å². The number of thiophene rings is 1. The lowest BCUT2D eigenvalue weighted by Crippen LogP contribution is -2.34. The van der Waals surface area contributed by atoms with Crippen LogP contribution in [0.4, 0.5) is 5.69 Å². The summed E-state index contributed by atoms with van der Waals surface area (Å²) in [5.41, 5.74) is 2.35. The Bertz CT molecular complexity index is 1110. The van der Waals surface area contributed by atoms with Crippen molar-refractivity contribution in [1.29, 1.82) is 0 Å². The van der Waals surface area contributed by atoms with Gasteiger partial charge in [0.2, 0.25) is 5.91 Å². The molecule has 0 saturated carbocycles. The predicted octanol–water partition coefficient (Wildman–Crippen LogP) is 3.89. The van der Waals surface area contributed by atoms with E-state index in [1.165, 1.54) is 9.56 Å². The number of benzene rings is 1. The monoisotopic (exact) mass is 402 g/mol. The molecule has 140 valence electrons. The highest BCUT2D eigenvalue weighted by Crippen LogP contribution is 2.33. The summed E-state index contributed by atoms with van der Waals surface area (Å²) in [5.74, 6) is -0.338. The molecular weight excluding hydrogens is 384 g/mol. The lowest BCUT2D eigenvalue weighted by molar-refractivity contribution is -0.119. The first-order valence-electron chi connectivity index (χ1n) is 8.92. The Hall–Kier alpha value is -2.25. The van der Waals surface area contributed by atoms with Gasteiger partial charge in [0.25, 0.3) is 5.56 Å². The number of amides is 1. The fourth-order valence-electron chi connectivity index (χ4n) is 3.37. The highest BCUT2D eigenvalue weighted by Gasteiger charge is 2.24. The summed E-state index contributed by atoms with van der Waals surface area (Å²) < 4.78 is 1.18. The van der Waals surface area contributed by atoms with E-state index in [4.69, 9.17) is 11.6 Å². The van der Waals surface area contributed by atoms with E-state index in [0.717, 1.165) is 36.8 Å². The van der Waals surface area contributed by atoms with E-state index in [-0.39, 0.29) is 11.5 Å². The maximum Gasteiger partial charge on any atom is 0.279 e. The van der Waals surface area contributed by atoms with Crippen LogP contribution in [-0.2, 0) is 17.6 Å². The third-order valence-electron chi connectivity index (χ3n) is 4.99. The number of anilines is 1. The molecule has 1 atom stereocenters. The van der Waals surface area contributed by atoms with Crippen LogP contribution >= 0.6 is 22.9 Å². The van der Waals surface area contributed by atoms with Gasteiger partial charge in [-0.2, -0.15) is 4.68 Å². The Morgan fingerprint density at radius 1 is 1.33 bits per heavy atom. The molecule has 0 radical (unpaired) electrons. The molecule has 4 rings (SSSR count). The zero-order chi connectivity index (χ0) is 19.1. The van der Waals surface area contributed by atoms with E-state index in [1.807, 2.05) is 13.0 Å². The van der Waals surface area contributed by atoms with Gasteiger partial charge in [0, 0.05) is 15.6 Å². The number of aryl methyl sites for hydroxylation is 3. The van der Waals surface area contributed by atoms with Gasteiger partial charge in [-0.1, -0.05) is 22.9 Å². The summed E-state index contributed by atoms with van der Waals surface area (Å²) in [5, 5.41) is 12.2. The second-order valence-corrected chi connectivity index (χ2v) is 8.35. The van der Waals surface area contributed by atoms with Gasteiger partial charge >= 0.3 is 0 Å². The molecule has 6 nitrogen and oxygen atoms in total. The minimum Gasteiger partial charge on any atom is -0.324 e. The molecule has 0 bridgehead atoms. The van der Waals surface area contributed by atoms with E-state index in [9.17, 15) is 9.59 Å². The Kier molecular flexibility index (Phi) is 4.74. The second kappa shape index (κ2) is 7.05. The Morgan fingerprint density at radius 3 is 2.89 bits per heavy atom. The van der Waals surface area contributed by atoms with Crippen molar-refractivity contribution < 1.29 is 4.79 Å². The number of carbonyl (C=O) groups excluding carboxylic acids is 1. The molecule has 1 aliphatic rings. The van der Waals surface area contributed by atoms with Crippen LogP contribution in [0.3, 0.4) is 0 Å². The maximum absolute atomic E-state index is 13.0. The number of rotatable bonds is 3. The molecule has 0 spiro atoms. The number of hydrogen-bond acceptors (Lipinski definition) is 5. The summed E-state index contributed by atoms with van der Waals surface area (Å²) >= 11 is 7.66. The summed E-state index contributed by atoms with van der Waals surface area (Å²) in [6, 6.07) is 4.51. The van der Waals surface area contributed by atoms with Crippen LogP contribution in [0.2, 0.25) is 5.02 Å². The highest BCUT2D eigenvalue weighted by atomic mass is 35.5. The summed E-state index contributed by atoms with van der Waals surface area (Å²) in [6.07, 6.45) is 4.09. The average molecular weight is 403 g/mol. The lowest BCUT2D eigenvalue weighted by atomic mass is 9.97.